The maximum atomic E-state index is 12.2. The monoisotopic (exact) mass is 1680 g/mol. The molecule has 0 aromatic rings. The topological polar surface area (TPSA) is 69.7 Å². The molecule has 0 spiro atoms. The lowest BCUT2D eigenvalue weighted by molar-refractivity contribution is -0.139. The molecule has 2 saturated carbocycles. The van der Waals surface area contributed by atoms with Gasteiger partial charge >= 0.3 is 11.9 Å². The molecule has 2 aliphatic rings. The van der Waals surface area contributed by atoms with Gasteiger partial charge in [-0.25, -0.2) is 9.59 Å². The smallest absolute Gasteiger partial charge is 0.384 e. The number of rotatable bonds is 11. The number of ketones is 1. The Balaban J connectivity index is -0.00000000530. The van der Waals surface area contributed by atoms with E-state index in [0.29, 0.717) is 31.8 Å². The van der Waals surface area contributed by atoms with E-state index in [4.69, 9.17) is 4.74 Å². The Hall–Kier alpha value is 12.5. The first kappa shape index (κ1) is 282. The highest BCUT2D eigenvalue weighted by molar-refractivity contribution is 7.38. The van der Waals surface area contributed by atoms with Crippen molar-refractivity contribution in [3.63, 3.8) is 0 Å². The first-order valence-corrected chi connectivity index (χ1v) is 13.5. The summed E-state index contributed by atoms with van der Waals surface area (Å²) in [5.74, 6) is 5.78. The number of unbranched alkanes of at least 4 members (excludes halogenated alkanes) is 2. The van der Waals surface area contributed by atoms with E-state index in [1.54, 1.807) is 6.92 Å². The number of ether oxygens (including phenoxy) is 2. The van der Waals surface area contributed by atoms with E-state index in [0.717, 1.165) is 43.6 Å². The zero-order chi connectivity index (χ0) is 26.7. The second kappa shape index (κ2) is 198. The number of Topliss-reactive ketones (excluding diaryl/α,β-unsaturated/α-hetero) is 1. The number of fused-ring (bicyclic) bond motifs is 1. The predicted molar refractivity (Wildman–Crippen MR) is 414 cm³/mol. The summed E-state index contributed by atoms with van der Waals surface area (Å²) in [6.45, 7) is 16.2. The van der Waals surface area contributed by atoms with E-state index >= 15 is 0 Å². The highest BCUT2D eigenvalue weighted by atomic mass is 32.1. The molecule has 73 heavy (non-hydrogen) atoms. The van der Waals surface area contributed by atoms with Crippen LogP contribution in [0.15, 0.2) is 23.8 Å². The van der Waals surface area contributed by atoms with Crippen molar-refractivity contribution in [2.45, 2.75) is 112 Å². The summed E-state index contributed by atoms with van der Waals surface area (Å²) < 4.78 is 9.91. The van der Waals surface area contributed by atoms with E-state index in [1.165, 1.54) is 31.3 Å². The van der Waals surface area contributed by atoms with Crippen LogP contribution in [-0.2, 0) is 280 Å². The van der Waals surface area contributed by atoms with Gasteiger partial charge in [-0.05, 0) is 64.7 Å². The molecular formula is C30H48O5P19S19-95. The van der Waals surface area contributed by atoms with Gasteiger partial charge in [-0.1, -0.05) is 51.7 Å². The highest BCUT2D eigenvalue weighted by Gasteiger charge is 2.61. The van der Waals surface area contributed by atoms with Gasteiger partial charge in [0.25, 0.3) is 0 Å². The van der Waals surface area contributed by atoms with Crippen LogP contribution in [0.2, 0.25) is 0 Å². The number of allylic oxidation sites excluding steroid dienone is 2. The first-order valence-electron chi connectivity index (χ1n) is 13.5. The number of carbonyl (C=O) groups excluding carboxylic acids is 3. The predicted octanol–water partition coefficient (Wildman–Crippen LogP) is 23.5. The third-order valence-corrected chi connectivity index (χ3v) is 6.56. The largest absolute Gasteiger partial charge is 3.00 e. The van der Waals surface area contributed by atoms with Crippen molar-refractivity contribution in [1.82, 2.24) is 0 Å². The van der Waals surface area contributed by atoms with Crippen LogP contribution in [0.3, 0.4) is 0 Å². The van der Waals surface area contributed by atoms with Crippen LogP contribution >= 0.6 is 188 Å². The minimum Gasteiger partial charge on any atom is -3.00 e. The lowest BCUT2D eigenvalue weighted by atomic mass is 9.87. The fourth-order valence-corrected chi connectivity index (χ4v) is 4.55. The van der Waals surface area contributed by atoms with Crippen molar-refractivity contribution in [2.75, 3.05) is 13.2 Å². The van der Waals surface area contributed by atoms with Crippen LogP contribution in [-0.4, -0.2) is 30.9 Å². The fraction of sp³-hybridized carbons (Fsp3) is 0.700. The van der Waals surface area contributed by atoms with Gasteiger partial charge in [-0.15, -0.1) is 6.58 Å². The zero-order valence-corrected chi connectivity index (χ0v) is 71.9. The molecule has 5 nitrogen and oxygen atoms in total. The Morgan fingerprint density at radius 1 is 0.493 bits per heavy atom. The molecule has 43 heteroatoms. The molecule has 2 aliphatic carbocycles. The molecule has 0 amide bonds. The highest BCUT2D eigenvalue weighted by Crippen LogP contribution is 2.68. The lowest BCUT2D eigenvalue weighted by Crippen LogP contribution is -2.19. The molecule has 0 saturated heterocycles. The Morgan fingerprint density at radius 3 is 0.986 bits per heavy atom. The van der Waals surface area contributed by atoms with E-state index in [-0.39, 0.29) is 456 Å². The van der Waals surface area contributed by atoms with E-state index < -0.39 is 5.97 Å². The van der Waals surface area contributed by atoms with Gasteiger partial charge in [-0.3, -0.25) is 4.79 Å². The van der Waals surface area contributed by atoms with Crippen LogP contribution in [0, 0.1) is 23.2 Å². The molecule has 0 aromatic heterocycles. The minimum absolute atomic E-state index is 0. The van der Waals surface area contributed by atoms with Gasteiger partial charge in [-0.2, -0.15) is 0 Å². The second-order valence-electron chi connectivity index (χ2n) is 8.80. The molecule has 2 unspecified atom stereocenters. The number of hydrogen-bond donors (Lipinski definition) is 0. The summed E-state index contributed by atoms with van der Waals surface area (Å²) in [4.78, 5) is 33.1. The van der Waals surface area contributed by atoms with Crippen LogP contribution in [0.5, 0.6) is 0 Å². The molecule has 502 valence electrons. The quantitative estimate of drug-likeness (QED) is 0.0392. The van der Waals surface area contributed by atoms with Crippen molar-refractivity contribution >= 4 is 462 Å². The average Bonchev–Trinajstić information content (AvgIpc) is 3.41. The molecule has 2 rings (SSSR count). The Kier molecular flexibility index (Phi) is 767. The van der Waals surface area contributed by atoms with Crippen molar-refractivity contribution in [3.8, 4) is 11.8 Å². The van der Waals surface area contributed by atoms with Crippen LogP contribution in [0.4, 0.5) is 0 Å². The Bertz CT molecular complexity index is 866. The average molecular weight is 1690 g/mol. The molecule has 0 aliphatic heterocycles. The van der Waals surface area contributed by atoms with Gasteiger partial charge in [0.05, 0.1) is 13.2 Å². The molecule has 0 aromatic carbocycles. The second-order valence-corrected chi connectivity index (χ2v) is 8.80. The van der Waals surface area contributed by atoms with Gasteiger partial charge < -0.3 is 454 Å². The van der Waals surface area contributed by atoms with E-state index in [2.05, 4.69) is 37.0 Å². The van der Waals surface area contributed by atoms with E-state index in [1.807, 2.05) is 26.8 Å². The lowest BCUT2D eigenvalue weighted by Gasteiger charge is -3.00. The Labute approximate surface area is 650 Å². The summed E-state index contributed by atoms with van der Waals surface area (Å²) in [6.07, 6.45) is 12.8. The first-order chi connectivity index (χ1) is 16.8. The minimum atomic E-state index is -0.434. The Morgan fingerprint density at radius 2 is 0.795 bits per heavy atom. The molecular weight excluding hydrogens is 1640 g/mol. The number of esters is 2. The van der Waals surface area contributed by atoms with Crippen molar-refractivity contribution in [2.24, 2.45) is 11.3 Å². The van der Waals surface area contributed by atoms with Gasteiger partial charge in [0.15, 0.2) is 0 Å². The molecule has 0 radical (unpaired) electrons. The van der Waals surface area contributed by atoms with Crippen LogP contribution in [0.25, 0.3) is 0 Å². The molecule has 2 atom stereocenters. The zero-order valence-electron chi connectivity index (χ0n) is 39.3. The molecule has 2 fully saturated rings. The third-order valence-electron chi connectivity index (χ3n) is 6.56. The van der Waals surface area contributed by atoms with Crippen molar-refractivity contribution in [3.05, 3.63) is 23.8 Å². The standard InChI is InChI=1S/C15H24O2.C10H14O2.C5H10O.19P.19S/c1-4-11(5-2)13(14(16)17-6-3)15-9-7-8-12(15)10-15;1-3-5-6-7-8-9-10(11)12-4-2;1-3-5(6)4-2;;;;;;;;;;;;;;;;;;;;;;;;;;;;;;;;;;;;;;/h12H,4-10H2,1-3H3;3H,1,4-7H2,2H3;3-4H2,1-2H3;;;;;;;;;;;;;;;;;;;;;;;;;;;;;;;;;;;;;;/q;;;19*-3;19*-2. The number of hydrogen-bond acceptors (Lipinski definition) is 5. The SMILES string of the molecule is C=CCCCC#CC(=O)OCC.CCC(=O)CC.CCOC(=O)C(=C(CC)CC)C12CCCC1C2.[P-3].[P-3].[P-3].[P-3].[P-3].[P-3].[P-3].[P-3].[P-3].[P-3].[P-3].[P-3].[P-3].[P-3].[P-3].[P-3].[P-3].[P-3].[P-3].[S-2].[S-2].[S-2].[S-2].[S-2].[S-2].[S-2].[S-2].[S-2].[S-2].[S-2].[S-2].[S-2].[S-2].[S-2].[S-2].[S-2].[S-2].[S-2]. The fourth-order valence-electron chi connectivity index (χ4n) is 4.55. The van der Waals surface area contributed by atoms with E-state index in [9.17, 15) is 14.4 Å². The normalized spacial score (nSPS) is 8.93. The van der Waals surface area contributed by atoms with Gasteiger partial charge in [0.1, 0.15) is 5.78 Å². The van der Waals surface area contributed by atoms with Crippen LogP contribution in [0.1, 0.15) is 112 Å². The van der Waals surface area contributed by atoms with Crippen LogP contribution < -0.4 is 0 Å². The van der Waals surface area contributed by atoms with Crippen molar-refractivity contribution < 1.29 is 23.9 Å². The van der Waals surface area contributed by atoms with Crippen molar-refractivity contribution in [1.29, 1.82) is 0 Å². The summed E-state index contributed by atoms with van der Waals surface area (Å²) in [7, 11) is 0. The maximum absolute atomic E-state index is 12.2. The molecule has 0 heterocycles. The summed E-state index contributed by atoms with van der Waals surface area (Å²) >= 11 is 0. The number of carbonyl (C=O) groups is 3. The molecule has 0 bridgehead atoms. The molecule has 0 N–H and O–H groups in total. The summed E-state index contributed by atoms with van der Waals surface area (Å²) in [6, 6.07) is 0. The summed E-state index contributed by atoms with van der Waals surface area (Å²) in [5, 5.41) is 0. The van der Waals surface area contributed by atoms with Gasteiger partial charge in [0.2, 0.25) is 0 Å². The summed E-state index contributed by atoms with van der Waals surface area (Å²) in [5.41, 5.74) is 2.62. The van der Waals surface area contributed by atoms with Gasteiger partial charge in [0, 0.05) is 36.2 Å². The maximum Gasteiger partial charge on any atom is 0.384 e. The third kappa shape index (κ3) is 143.